The SMILES string of the molecule is Cc1nc2c(c(C3CCCC3)nn2[C@H](C)c2ccc(C(F)(F)F)nc2)c(=O)[nH]1. The summed E-state index contributed by atoms with van der Waals surface area (Å²) in [5, 5.41) is 5.18. The van der Waals surface area contributed by atoms with Crippen LogP contribution in [0.25, 0.3) is 11.0 Å². The number of aromatic nitrogens is 5. The summed E-state index contributed by atoms with van der Waals surface area (Å²) in [5.74, 6) is 0.668. The van der Waals surface area contributed by atoms with Crippen molar-refractivity contribution in [1.82, 2.24) is 24.7 Å². The average molecular weight is 391 g/mol. The van der Waals surface area contributed by atoms with Crippen LogP contribution in [0, 0.1) is 6.92 Å². The molecule has 3 aromatic rings. The van der Waals surface area contributed by atoms with Gasteiger partial charge in [0.2, 0.25) is 0 Å². The summed E-state index contributed by atoms with van der Waals surface area (Å²) < 4.78 is 40.0. The van der Waals surface area contributed by atoms with Crippen molar-refractivity contribution < 1.29 is 13.2 Å². The molecule has 0 unspecified atom stereocenters. The fourth-order valence-corrected chi connectivity index (χ4v) is 3.90. The lowest BCUT2D eigenvalue weighted by Gasteiger charge is -2.14. The van der Waals surface area contributed by atoms with Crippen LogP contribution in [0.1, 0.15) is 67.3 Å². The number of halogens is 3. The average Bonchev–Trinajstić information content (AvgIpc) is 3.28. The van der Waals surface area contributed by atoms with Gasteiger partial charge in [0.15, 0.2) is 5.65 Å². The Morgan fingerprint density at radius 3 is 2.57 bits per heavy atom. The third-order valence-electron chi connectivity index (χ3n) is 5.38. The molecular weight excluding hydrogens is 371 g/mol. The Bertz CT molecular complexity index is 1060. The minimum absolute atomic E-state index is 0.201. The Morgan fingerprint density at radius 1 is 1.25 bits per heavy atom. The number of hydrogen-bond acceptors (Lipinski definition) is 4. The number of aryl methyl sites for hydroxylation is 1. The number of hydrogen-bond donors (Lipinski definition) is 1. The first-order valence-electron chi connectivity index (χ1n) is 9.28. The first kappa shape index (κ1) is 18.6. The van der Waals surface area contributed by atoms with Gasteiger partial charge in [-0.1, -0.05) is 18.9 Å². The normalized spacial score (nSPS) is 16.8. The number of rotatable bonds is 3. The minimum atomic E-state index is -4.48. The molecule has 6 nitrogen and oxygen atoms in total. The van der Waals surface area contributed by atoms with Crippen molar-refractivity contribution in [3.05, 3.63) is 51.5 Å². The fourth-order valence-electron chi connectivity index (χ4n) is 3.90. The highest BCUT2D eigenvalue weighted by atomic mass is 19.4. The smallest absolute Gasteiger partial charge is 0.310 e. The Kier molecular flexibility index (Phi) is 4.47. The molecule has 0 radical (unpaired) electrons. The van der Waals surface area contributed by atoms with E-state index in [1.807, 2.05) is 6.92 Å². The van der Waals surface area contributed by atoms with Crippen molar-refractivity contribution in [3.63, 3.8) is 0 Å². The summed E-state index contributed by atoms with van der Waals surface area (Å²) >= 11 is 0. The molecule has 1 aliphatic carbocycles. The Balaban J connectivity index is 1.82. The summed E-state index contributed by atoms with van der Waals surface area (Å²) in [5.41, 5.74) is 0.581. The number of aromatic amines is 1. The molecule has 148 valence electrons. The highest BCUT2D eigenvalue weighted by Gasteiger charge is 2.32. The summed E-state index contributed by atoms with van der Waals surface area (Å²) in [6.45, 7) is 3.51. The summed E-state index contributed by atoms with van der Waals surface area (Å²) in [7, 11) is 0. The van der Waals surface area contributed by atoms with Crippen LogP contribution in [0.15, 0.2) is 23.1 Å². The maximum Gasteiger partial charge on any atom is 0.433 e. The largest absolute Gasteiger partial charge is 0.433 e. The van der Waals surface area contributed by atoms with Gasteiger partial charge in [-0.15, -0.1) is 0 Å². The maximum absolute atomic E-state index is 12.8. The number of fused-ring (bicyclic) bond motifs is 1. The van der Waals surface area contributed by atoms with E-state index in [-0.39, 0.29) is 11.5 Å². The minimum Gasteiger partial charge on any atom is -0.310 e. The van der Waals surface area contributed by atoms with E-state index in [1.165, 1.54) is 12.3 Å². The van der Waals surface area contributed by atoms with Crippen LogP contribution in [0.4, 0.5) is 13.2 Å². The quantitative estimate of drug-likeness (QED) is 0.729. The number of alkyl halides is 3. The van der Waals surface area contributed by atoms with Crippen LogP contribution in [-0.2, 0) is 6.18 Å². The standard InChI is InChI=1S/C19H20F3N5O/c1-10(13-7-8-14(23-9-13)19(20,21)22)27-17-15(18(28)25-11(2)24-17)16(26-27)12-5-3-4-6-12/h7-10,12H,3-6H2,1-2H3,(H,24,25,28)/t10-/m1/s1. The molecule has 9 heteroatoms. The zero-order valence-electron chi connectivity index (χ0n) is 15.5. The van der Waals surface area contributed by atoms with Crippen molar-refractivity contribution in [1.29, 1.82) is 0 Å². The third kappa shape index (κ3) is 3.18. The first-order chi connectivity index (χ1) is 13.3. The van der Waals surface area contributed by atoms with Gasteiger partial charge in [-0.25, -0.2) is 9.67 Å². The summed E-state index contributed by atoms with van der Waals surface area (Å²) in [4.78, 5) is 23.4. The van der Waals surface area contributed by atoms with E-state index in [0.29, 0.717) is 22.4 Å². The molecule has 0 aliphatic heterocycles. The van der Waals surface area contributed by atoms with E-state index in [0.717, 1.165) is 37.4 Å². The Labute approximate surface area is 158 Å². The van der Waals surface area contributed by atoms with Crippen molar-refractivity contribution in [3.8, 4) is 0 Å². The van der Waals surface area contributed by atoms with Gasteiger partial charge >= 0.3 is 6.18 Å². The van der Waals surface area contributed by atoms with Gasteiger partial charge in [-0.3, -0.25) is 9.78 Å². The van der Waals surface area contributed by atoms with Crippen LogP contribution in [0.3, 0.4) is 0 Å². The molecule has 3 heterocycles. The monoisotopic (exact) mass is 391 g/mol. The molecule has 1 N–H and O–H groups in total. The molecule has 0 amide bonds. The highest BCUT2D eigenvalue weighted by molar-refractivity contribution is 5.78. The molecule has 0 aromatic carbocycles. The van der Waals surface area contributed by atoms with Crippen molar-refractivity contribution in [2.45, 2.75) is 57.7 Å². The molecule has 0 spiro atoms. The predicted molar refractivity (Wildman–Crippen MR) is 97.1 cm³/mol. The van der Waals surface area contributed by atoms with Crippen molar-refractivity contribution >= 4 is 11.0 Å². The molecule has 4 rings (SSSR count). The lowest BCUT2D eigenvalue weighted by molar-refractivity contribution is -0.141. The number of nitrogens with one attached hydrogen (secondary N) is 1. The second kappa shape index (κ2) is 6.72. The molecule has 1 saturated carbocycles. The molecule has 0 saturated heterocycles. The van der Waals surface area contributed by atoms with E-state index >= 15 is 0 Å². The lowest BCUT2D eigenvalue weighted by atomic mass is 10.0. The summed E-state index contributed by atoms with van der Waals surface area (Å²) in [6, 6.07) is 1.94. The van der Waals surface area contributed by atoms with Crippen LogP contribution < -0.4 is 5.56 Å². The third-order valence-corrected chi connectivity index (χ3v) is 5.38. The van der Waals surface area contributed by atoms with Gasteiger partial charge in [0.05, 0.1) is 11.7 Å². The molecule has 3 aromatic heterocycles. The van der Waals surface area contributed by atoms with E-state index in [4.69, 9.17) is 5.10 Å². The van der Waals surface area contributed by atoms with Crippen LogP contribution in [-0.4, -0.2) is 24.7 Å². The maximum atomic E-state index is 12.8. The van der Waals surface area contributed by atoms with E-state index < -0.39 is 17.9 Å². The Hall–Kier alpha value is -2.71. The second-order valence-corrected chi connectivity index (χ2v) is 7.31. The van der Waals surface area contributed by atoms with Gasteiger partial charge in [0, 0.05) is 12.1 Å². The van der Waals surface area contributed by atoms with E-state index in [1.54, 1.807) is 11.6 Å². The van der Waals surface area contributed by atoms with Crippen LogP contribution in [0.2, 0.25) is 0 Å². The number of nitrogens with zero attached hydrogens (tertiary/aromatic N) is 4. The van der Waals surface area contributed by atoms with Gasteiger partial charge in [0.25, 0.3) is 5.56 Å². The van der Waals surface area contributed by atoms with Gasteiger partial charge < -0.3 is 4.98 Å². The molecule has 1 atom stereocenters. The second-order valence-electron chi connectivity index (χ2n) is 7.31. The van der Waals surface area contributed by atoms with E-state index in [2.05, 4.69) is 15.0 Å². The van der Waals surface area contributed by atoms with E-state index in [9.17, 15) is 18.0 Å². The molecular formula is C19H20F3N5O. The number of H-pyrrole nitrogens is 1. The van der Waals surface area contributed by atoms with Crippen LogP contribution in [0.5, 0.6) is 0 Å². The zero-order chi connectivity index (χ0) is 20.1. The van der Waals surface area contributed by atoms with Crippen molar-refractivity contribution in [2.24, 2.45) is 0 Å². The number of pyridine rings is 1. The summed E-state index contributed by atoms with van der Waals surface area (Å²) in [6.07, 6.45) is 0.840. The Morgan fingerprint density at radius 2 is 1.96 bits per heavy atom. The van der Waals surface area contributed by atoms with Gasteiger partial charge in [-0.2, -0.15) is 18.3 Å². The van der Waals surface area contributed by atoms with Gasteiger partial charge in [0.1, 0.15) is 16.9 Å². The topological polar surface area (TPSA) is 76.5 Å². The van der Waals surface area contributed by atoms with Crippen LogP contribution >= 0.6 is 0 Å². The first-order valence-corrected chi connectivity index (χ1v) is 9.28. The van der Waals surface area contributed by atoms with Gasteiger partial charge in [-0.05, 0) is 38.3 Å². The lowest BCUT2D eigenvalue weighted by Crippen LogP contribution is -2.14. The molecule has 28 heavy (non-hydrogen) atoms. The zero-order valence-corrected chi connectivity index (χ0v) is 15.5. The molecule has 1 aliphatic rings. The fraction of sp³-hybridized carbons (Fsp3) is 0.474. The highest BCUT2D eigenvalue weighted by Crippen LogP contribution is 2.37. The molecule has 1 fully saturated rings. The predicted octanol–water partition coefficient (Wildman–Crippen LogP) is 4.11. The van der Waals surface area contributed by atoms with Crippen molar-refractivity contribution in [2.75, 3.05) is 0 Å². The molecule has 0 bridgehead atoms.